The fourth-order valence-corrected chi connectivity index (χ4v) is 3.94. The summed E-state index contributed by atoms with van der Waals surface area (Å²) in [4.78, 5) is 4.31. The second-order valence-corrected chi connectivity index (χ2v) is 10.1. The molecule has 2 heteroatoms. The molecule has 0 N–H and O–H groups in total. The first-order chi connectivity index (χ1) is 17.6. The number of aromatic nitrogens is 2. The second kappa shape index (κ2) is 6.68. The van der Waals surface area contributed by atoms with Crippen LogP contribution in [-0.4, -0.2) is 9.38 Å². The number of hydrogen-bond acceptors (Lipinski definition) is 1. The summed E-state index contributed by atoms with van der Waals surface area (Å²) >= 11 is 0. The molecule has 5 rings (SSSR count). The Morgan fingerprint density at radius 2 is 1.48 bits per heavy atom. The summed E-state index contributed by atoms with van der Waals surface area (Å²) in [5.74, 6) is 0. The highest BCUT2D eigenvalue weighted by molar-refractivity contribution is 6.15. The molecule has 156 valence electrons. The van der Waals surface area contributed by atoms with E-state index in [1.807, 2.05) is 45.0 Å². The molecule has 0 aliphatic rings. The zero-order valence-electron chi connectivity index (χ0n) is 25.8. The number of hydrogen-bond donors (Lipinski definition) is 0. The third-order valence-electron chi connectivity index (χ3n) is 5.76. The van der Waals surface area contributed by atoms with Crippen LogP contribution in [0.15, 0.2) is 72.9 Å². The van der Waals surface area contributed by atoms with E-state index in [1.165, 1.54) is 10.5 Å². The van der Waals surface area contributed by atoms with E-state index >= 15 is 0 Å². The Kier molecular flexibility index (Phi) is 2.87. The summed E-state index contributed by atoms with van der Waals surface area (Å²) in [6.45, 7) is 12.2. The van der Waals surface area contributed by atoms with Crippen LogP contribution in [0.25, 0.3) is 38.4 Å². The van der Waals surface area contributed by atoms with Crippen LogP contribution in [0, 0.1) is 0 Å². The Hall–Kier alpha value is -3.13. The maximum absolute atomic E-state index is 9.35. The van der Waals surface area contributed by atoms with E-state index in [0.29, 0.717) is 33.0 Å². The van der Waals surface area contributed by atoms with E-state index in [9.17, 15) is 2.74 Å². The van der Waals surface area contributed by atoms with Crippen molar-refractivity contribution in [2.45, 2.75) is 52.4 Å². The largest absolute Gasteiger partial charge is 0.299 e. The molecule has 2 nitrogen and oxygen atoms in total. The molecule has 0 fully saturated rings. The van der Waals surface area contributed by atoms with Crippen LogP contribution in [0.3, 0.4) is 0 Å². The van der Waals surface area contributed by atoms with Crippen molar-refractivity contribution in [2.75, 3.05) is 0 Å². The van der Waals surface area contributed by atoms with E-state index in [0.717, 1.165) is 5.56 Å². The third kappa shape index (κ3) is 3.22. The molecule has 0 radical (unpaired) electrons. The summed E-state index contributed by atoms with van der Waals surface area (Å²) in [5, 5.41) is 0.949. The van der Waals surface area contributed by atoms with Gasteiger partial charge in [-0.1, -0.05) is 90.0 Å². The Morgan fingerprint density at radius 1 is 0.774 bits per heavy atom. The monoisotopic (exact) mass is 413 g/mol. The molecule has 0 bridgehead atoms. The van der Waals surface area contributed by atoms with Crippen molar-refractivity contribution in [2.24, 2.45) is 0 Å². The van der Waals surface area contributed by atoms with Gasteiger partial charge in [-0.2, -0.15) is 0 Å². The summed E-state index contributed by atoms with van der Waals surface area (Å²) < 4.78 is 62.6. The zero-order valence-corrected chi connectivity index (χ0v) is 18.8. The van der Waals surface area contributed by atoms with Crippen molar-refractivity contribution in [3.63, 3.8) is 0 Å². The highest BCUT2D eigenvalue weighted by atomic mass is 15.0. The van der Waals surface area contributed by atoms with Gasteiger partial charge < -0.3 is 0 Å². The first-order valence-electron chi connectivity index (χ1n) is 14.0. The van der Waals surface area contributed by atoms with Crippen molar-refractivity contribution >= 4 is 27.3 Å². The van der Waals surface area contributed by atoms with Gasteiger partial charge in [0.15, 0.2) is 0 Å². The van der Waals surface area contributed by atoms with Crippen molar-refractivity contribution in [3.05, 3.63) is 84.0 Å². The van der Waals surface area contributed by atoms with E-state index < -0.39 is 5.41 Å². The molecule has 31 heavy (non-hydrogen) atoms. The maximum Gasteiger partial charge on any atom is 0.145 e. The lowest BCUT2D eigenvalue weighted by atomic mass is 9.82. The molecule has 0 aliphatic carbocycles. The summed E-state index contributed by atoms with van der Waals surface area (Å²) in [5.41, 5.74) is 2.69. The number of benzene rings is 3. The van der Waals surface area contributed by atoms with Crippen LogP contribution in [0.1, 0.15) is 62.3 Å². The fraction of sp³-hybridized carbons (Fsp3) is 0.276. The van der Waals surface area contributed by atoms with E-state index in [-0.39, 0.29) is 59.0 Å². The van der Waals surface area contributed by atoms with Gasteiger partial charge in [0.25, 0.3) is 0 Å². The van der Waals surface area contributed by atoms with Crippen LogP contribution < -0.4 is 0 Å². The van der Waals surface area contributed by atoms with Gasteiger partial charge in [-0.05, 0) is 45.0 Å². The van der Waals surface area contributed by atoms with Gasteiger partial charge in [0.2, 0.25) is 0 Å². The number of pyridine rings is 1. The van der Waals surface area contributed by atoms with Crippen molar-refractivity contribution in [1.82, 2.24) is 9.38 Å². The summed E-state index contributed by atoms with van der Waals surface area (Å²) in [6.07, 6.45) is -0.478. The first kappa shape index (κ1) is 13.3. The van der Waals surface area contributed by atoms with Crippen molar-refractivity contribution in [3.8, 4) is 11.1 Å². The molecular weight excluding hydrogens is 376 g/mol. The minimum absolute atomic E-state index is 0.0460. The molecule has 0 atom stereocenters. The van der Waals surface area contributed by atoms with Crippen molar-refractivity contribution < 1.29 is 9.60 Å². The molecule has 0 amide bonds. The number of nitrogens with zero attached hydrogens (tertiary/aromatic N) is 2. The average molecular weight is 414 g/mol. The van der Waals surface area contributed by atoms with Crippen LogP contribution >= 0.6 is 0 Å². The van der Waals surface area contributed by atoms with Crippen LogP contribution in [-0.2, 0) is 10.8 Å². The molecule has 0 aliphatic heterocycles. The minimum Gasteiger partial charge on any atom is -0.299 e. The van der Waals surface area contributed by atoms with Crippen LogP contribution in [0.5, 0.6) is 0 Å². The van der Waals surface area contributed by atoms with Gasteiger partial charge in [-0.25, -0.2) is 4.98 Å². The van der Waals surface area contributed by atoms with Crippen molar-refractivity contribution in [1.29, 1.82) is 0 Å². The molecular formula is C29H30N2. The molecule has 2 aromatic heterocycles. The Bertz CT molecular complexity index is 1790. The second-order valence-electron chi connectivity index (χ2n) is 10.1. The Labute approximate surface area is 194 Å². The predicted octanol–water partition coefficient (Wildman–Crippen LogP) is 7.90. The number of rotatable bonds is 1. The predicted molar refractivity (Wildman–Crippen MR) is 133 cm³/mol. The van der Waals surface area contributed by atoms with E-state index in [1.54, 1.807) is 0 Å². The van der Waals surface area contributed by atoms with Gasteiger partial charge >= 0.3 is 0 Å². The maximum atomic E-state index is 9.35. The number of imidazole rings is 1. The highest BCUT2D eigenvalue weighted by Crippen LogP contribution is 2.39. The topological polar surface area (TPSA) is 17.3 Å². The van der Waals surface area contributed by atoms with Gasteiger partial charge in [0, 0.05) is 28.7 Å². The lowest BCUT2D eigenvalue weighted by molar-refractivity contribution is 0.590. The Morgan fingerprint density at radius 3 is 2.16 bits per heavy atom. The van der Waals surface area contributed by atoms with Crippen LogP contribution in [0.4, 0.5) is 0 Å². The average Bonchev–Trinajstić information content (AvgIpc) is 3.11. The van der Waals surface area contributed by atoms with E-state index in [2.05, 4.69) is 25.8 Å². The van der Waals surface area contributed by atoms with Gasteiger partial charge in [0.1, 0.15) is 5.65 Å². The molecule has 0 unspecified atom stereocenters. The lowest BCUT2D eigenvalue weighted by Crippen LogP contribution is -2.12. The normalized spacial score (nSPS) is 16.0. The van der Waals surface area contributed by atoms with Gasteiger partial charge in [-0.3, -0.25) is 4.40 Å². The van der Waals surface area contributed by atoms with Gasteiger partial charge in [-0.15, -0.1) is 0 Å². The van der Waals surface area contributed by atoms with Gasteiger partial charge in [0.05, 0.1) is 15.1 Å². The number of fused-ring (bicyclic) bond motifs is 6. The standard InChI is InChI=1S/C29H30N2/c1-28(2,3)20-13-11-19(12-14-20)24-17-21(29(4,5)6)18-25-22-9-7-8-10-23(22)27-30-15-16-31(27)26(24)25/h7-18H,1-6H3/i7D,8D,9D,15D,16D,17D,18D. The first-order valence-corrected chi connectivity index (χ1v) is 10.5. The third-order valence-corrected chi connectivity index (χ3v) is 5.76. The molecule has 5 aromatic rings. The molecule has 0 saturated carbocycles. The molecule has 0 spiro atoms. The summed E-state index contributed by atoms with van der Waals surface area (Å²) in [7, 11) is 0. The quantitative estimate of drug-likeness (QED) is 0.255. The highest BCUT2D eigenvalue weighted by Gasteiger charge is 2.21. The minimum atomic E-state index is -0.593. The molecule has 3 aromatic carbocycles. The SMILES string of the molecule is [2H]c1cc2c(c([2H])c1[2H])c1c([2H])c(C(C)(C)C)c([2H])c(-c3ccc(C(C)(C)C)cc3)c1n1c([2H])c([2H])nc21. The van der Waals surface area contributed by atoms with Crippen LogP contribution in [0.2, 0.25) is 0 Å². The summed E-state index contributed by atoms with van der Waals surface area (Å²) in [6, 6.07) is 8.88. The van der Waals surface area contributed by atoms with E-state index in [4.69, 9.17) is 6.85 Å². The Balaban J connectivity index is 2.15. The smallest absolute Gasteiger partial charge is 0.145 e. The lowest BCUT2D eigenvalue weighted by Gasteiger charge is -2.23. The molecule has 2 heterocycles. The fourth-order valence-electron chi connectivity index (χ4n) is 3.94. The molecule has 0 saturated heterocycles. The zero-order chi connectivity index (χ0) is 28.1.